The van der Waals surface area contributed by atoms with Gasteiger partial charge in [0, 0.05) is 38.3 Å². The minimum Gasteiger partial charge on any atom is -0.497 e. The quantitative estimate of drug-likeness (QED) is 0.641. The van der Waals surface area contributed by atoms with Crippen LogP contribution in [-0.2, 0) is 14.3 Å². The van der Waals surface area contributed by atoms with Gasteiger partial charge < -0.3 is 14.8 Å². The van der Waals surface area contributed by atoms with Crippen LogP contribution < -0.4 is 10.1 Å². The molecule has 2 aliphatic heterocycles. The van der Waals surface area contributed by atoms with E-state index in [0.717, 1.165) is 31.1 Å². The second-order valence-corrected chi connectivity index (χ2v) is 8.93. The number of benzene rings is 2. The zero-order valence-corrected chi connectivity index (χ0v) is 19.4. The number of carbonyl (C=O) groups excluding carboxylic acids is 2. The predicted molar refractivity (Wildman–Crippen MR) is 130 cm³/mol. The zero-order valence-electron chi connectivity index (χ0n) is 18.6. The molecule has 4 rings (SSSR count). The minimum absolute atomic E-state index is 0.0799. The first-order chi connectivity index (χ1) is 16.1. The maximum absolute atomic E-state index is 13.2. The Morgan fingerprint density at radius 1 is 1.12 bits per heavy atom. The number of thioether (sulfide) groups is 1. The fraction of sp³-hybridized carbons (Fsp3) is 0.375. The summed E-state index contributed by atoms with van der Waals surface area (Å²) < 4.78 is 10.6. The van der Waals surface area contributed by atoms with Gasteiger partial charge in [0.15, 0.2) is 5.17 Å². The van der Waals surface area contributed by atoms with Crippen LogP contribution in [0.25, 0.3) is 0 Å². The Hall–Kier alpha value is -2.88. The molecule has 0 spiro atoms. The van der Waals surface area contributed by atoms with Crippen molar-refractivity contribution in [3.05, 3.63) is 54.6 Å². The van der Waals surface area contributed by atoms with Gasteiger partial charge in [-0.25, -0.2) is 4.99 Å². The Kier molecular flexibility index (Phi) is 7.98. The third-order valence-electron chi connectivity index (χ3n) is 5.49. The SMILES string of the molecule is COc1ccc(N=C2SC(CC(=O)Nc3ccccc3)C(=O)N2CCN2CCOCC2)cc1. The monoisotopic (exact) mass is 468 g/mol. The van der Waals surface area contributed by atoms with E-state index in [2.05, 4.69) is 10.2 Å². The number of rotatable bonds is 8. The molecule has 2 aliphatic rings. The Morgan fingerprint density at radius 3 is 2.55 bits per heavy atom. The van der Waals surface area contributed by atoms with Gasteiger partial charge in [-0.3, -0.25) is 19.4 Å². The number of ether oxygens (including phenoxy) is 2. The van der Waals surface area contributed by atoms with Crippen LogP contribution >= 0.6 is 11.8 Å². The second-order valence-electron chi connectivity index (χ2n) is 7.76. The van der Waals surface area contributed by atoms with Gasteiger partial charge in [-0.15, -0.1) is 0 Å². The summed E-state index contributed by atoms with van der Waals surface area (Å²) in [5.41, 5.74) is 1.45. The van der Waals surface area contributed by atoms with E-state index >= 15 is 0 Å². The van der Waals surface area contributed by atoms with Gasteiger partial charge in [0.2, 0.25) is 11.8 Å². The first kappa shape index (κ1) is 23.3. The van der Waals surface area contributed by atoms with Crippen molar-refractivity contribution >= 4 is 40.1 Å². The van der Waals surface area contributed by atoms with Gasteiger partial charge in [0.05, 0.1) is 26.0 Å². The molecular formula is C24H28N4O4S. The van der Waals surface area contributed by atoms with Crippen LogP contribution in [0.5, 0.6) is 5.75 Å². The summed E-state index contributed by atoms with van der Waals surface area (Å²) in [7, 11) is 1.62. The highest BCUT2D eigenvalue weighted by Gasteiger charge is 2.39. The molecule has 0 bridgehead atoms. The maximum Gasteiger partial charge on any atom is 0.242 e. The highest BCUT2D eigenvalue weighted by atomic mass is 32.2. The Morgan fingerprint density at radius 2 is 1.85 bits per heavy atom. The molecule has 174 valence electrons. The smallest absolute Gasteiger partial charge is 0.242 e. The summed E-state index contributed by atoms with van der Waals surface area (Å²) in [6.45, 7) is 4.37. The molecule has 2 fully saturated rings. The third kappa shape index (κ3) is 6.34. The number of nitrogens with one attached hydrogen (secondary N) is 1. The highest BCUT2D eigenvalue weighted by Crippen LogP contribution is 2.32. The van der Waals surface area contributed by atoms with Gasteiger partial charge in [-0.05, 0) is 36.4 Å². The predicted octanol–water partition coefficient (Wildman–Crippen LogP) is 2.99. The van der Waals surface area contributed by atoms with Crippen molar-refractivity contribution in [3.8, 4) is 5.75 Å². The molecule has 0 aromatic heterocycles. The van der Waals surface area contributed by atoms with Gasteiger partial charge in [0.1, 0.15) is 11.0 Å². The molecule has 8 nitrogen and oxygen atoms in total. The minimum atomic E-state index is -0.504. The molecule has 33 heavy (non-hydrogen) atoms. The van der Waals surface area contributed by atoms with Crippen molar-refractivity contribution in [1.29, 1.82) is 0 Å². The first-order valence-electron chi connectivity index (χ1n) is 11.0. The number of hydrogen-bond donors (Lipinski definition) is 1. The number of nitrogens with zero attached hydrogens (tertiary/aromatic N) is 3. The molecule has 1 unspecified atom stereocenters. The lowest BCUT2D eigenvalue weighted by Gasteiger charge is -2.28. The summed E-state index contributed by atoms with van der Waals surface area (Å²) >= 11 is 1.35. The molecule has 2 aromatic rings. The van der Waals surface area contributed by atoms with Crippen LogP contribution in [0, 0.1) is 0 Å². The van der Waals surface area contributed by atoms with Crippen LogP contribution in [0.2, 0.25) is 0 Å². The molecule has 2 aromatic carbocycles. The van der Waals surface area contributed by atoms with Gasteiger partial charge in [-0.2, -0.15) is 0 Å². The molecule has 0 saturated carbocycles. The second kappa shape index (κ2) is 11.3. The van der Waals surface area contributed by atoms with Crippen LogP contribution in [0.3, 0.4) is 0 Å². The molecular weight excluding hydrogens is 440 g/mol. The summed E-state index contributed by atoms with van der Waals surface area (Å²) in [6.07, 6.45) is 0.0914. The Balaban J connectivity index is 1.47. The van der Waals surface area contributed by atoms with E-state index in [9.17, 15) is 9.59 Å². The fourth-order valence-electron chi connectivity index (χ4n) is 3.67. The number of amides is 2. The van der Waals surface area contributed by atoms with Gasteiger partial charge in [0.25, 0.3) is 0 Å². The van der Waals surface area contributed by atoms with Crippen molar-refractivity contribution in [3.63, 3.8) is 0 Å². The lowest BCUT2D eigenvalue weighted by molar-refractivity contribution is -0.128. The van der Waals surface area contributed by atoms with Crippen molar-refractivity contribution in [2.24, 2.45) is 4.99 Å². The molecule has 0 radical (unpaired) electrons. The normalized spacial score (nSPS) is 20.3. The van der Waals surface area contributed by atoms with E-state index in [1.165, 1.54) is 11.8 Å². The van der Waals surface area contributed by atoms with E-state index in [-0.39, 0.29) is 18.2 Å². The number of hydrogen-bond acceptors (Lipinski definition) is 7. The van der Waals surface area contributed by atoms with E-state index in [1.807, 2.05) is 54.6 Å². The summed E-state index contributed by atoms with van der Waals surface area (Å²) in [5, 5.41) is 2.98. The van der Waals surface area contributed by atoms with Crippen LogP contribution in [0.4, 0.5) is 11.4 Å². The van der Waals surface area contributed by atoms with Crippen LogP contribution in [-0.4, -0.2) is 78.5 Å². The molecule has 2 saturated heterocycles. The zero-order chi connectivity index (χ0) is 23.0. The summed E-state index contributed by atoms with van der Waals surface area (Å²) in [4.78, 5) is 34.6. The lowest BCUT2D eigenvalue weighted by Crippen LogP contribution is -2.43. The van der Waals surface area contributed by atoms with Crippen molar-refractivity contribution in [2.75, 3.05) is 51.8 Å². The number of anilines is 1. The molecule has 2 amide bonds. The maximum atomic E-state index is 13.2. The van der Waals surface area contributed by atoms with Crippen LogP contribution in [0.1, 0.15) is 6.42 Å². The van der Waals surface area contributed by atoms with Crippen molar-refractivity contribution in [2.45, 2.75) is 11.7 Å². The van der Waals surface area contributed by atoms with Gasteiger partial charge >= 0.3 is 0 Å². The Bertz CT molecular complexity index is 978. The molecule has 2 heterocycles. The number of para-hydroxylation sites is 1. The molecule has 9 heteroatoms. The van der Waals surface area contributed by atoms with Gasteiger partial charge in [-0.1, -0.05) is 30.0 Å². The van der Waals surface area contributed by atoms with Crippen molar-refractivity contribution < 1.29 is 19.1 Å². The number of aliphatic imine (C=N–C) groups is 1. The average molecular weight is 469 g/mol. The number of carbonyl (C=O) groups is 2. The van der Waals surface area contributed by atoms with Crippen molar-refractivity contribution in [1.82, 2.24) is 9.80 Å². The molecule has 1 N–H and O–H groups in total. The highest BCUT2D eigenvalue weighted by molar-refractivity contribution is 8.15. The topological polar surface area (TPSA) is 83.5 Å². The number of amidine groups is 1. The summed E-state index contributed by atoms with van der Waals surface area (Å²) in [6, 6.07) is 16.6. The third-order valence-corrected chi connectivity index (χ3v) is 6.66. The van der Waals surface area contributed by atoms with E-state index in [0.29, 0.717) is 30.6 Å². The average Bonchev–Trinajstić information content (AvgIpc) is 3.13. The first-order valence-corrected chi connectivity index (χ1v) is 11.9. The van der Waals surface area contributed by atoms with E-state index in [1.54, 1.807) is 12.0 Å². The number of morpholine rings is 1. The van der Waals surface area contributed by atoms with Crippen LogP contribution in [0.15, 0.2) is 59.6 Å². The summed E-state index contributed by atoms with van der Waals surface area (Å²) in [5.74, 6) is 0.475. The Labute approximate surface area is 197 Å². The van der Waals surface area contributed by atoms with E-state index < -0.39 is 5.25 Å². The standard InChI is InChI=1S/C24H28N4O4S/c1-31-20-9-7-19(8-10-20)26-24-28(12-11-27-13-15-32-16-14-27)23(30)21(33-24)17-22(29)25-18-5-3-2-4-6-18/h2-10,21H,11-17H2,1H3,(H,25,29). The van der Waals surface area contributed by atoms with E-state index in [4.69, 9.17) is 14.5 Å². The number of methoxy groups -OCH3 is 1. The molecule has 1 atom stereocenters. The largest absolute Gasteiger partial charge is 0.497 e. The molecule has 0 aliphatic carbocycles. The lowest BCUT2D eigenvalue weighted by atomic mass is 10.2. The fourth-order valence-corrected chi connectivity index (χ4v) is 4.85.